The van der Waals surface area contributed by atoms with Gasteiger partial charge >= 0.3 is 0 Å². The van der Waals surface area contributed by atoms with E-state index < -0.39 is 0 Å². The molecule has 1 saturated heterocycles. The summed E-state index contributed by atoms with van der Waals surface area (Å²) in [5, 5.41) is 21.7. The fourth-order valence-corrected chi connectivity index (χ4v) is 3.92. The zero-order valence-corrected chi connectivity index (χ0v) is 16.2. The number of nitrogens with zero attached hydrogens (tertiary/aromatic N) is 4. The summed E-state index contributed by atoms with van der Waals surface area (Å²) in [6.07, 6.45) is 1.63. The number of aromatic amines is 1. The molecule has 0 atom stereocenters. The largest absolute Gasteiger partial charge is 0.378 e. The van der Waals surface area contributed by atoms with Gasteiger partial charge in [0.2, 0.25) is 0 Å². The summed E-state index contributed by atoms with van der Waals surface area (Å²) in [7, 11) is 0. The second-order valence-electron chi connectivity index (χ2n) is 6.39. The third-order valence-corrected chi connectivity index (χ3v) is 5.35. The van der Waals surface area contributed by atoms with Crippen LogP contribution in [0.3, 0.4) is 0 Å². The number of nitriles is 1. The normalized spacial score (nSPS) is 14.7. The number of thioether (sulfide) groups is 1. The Hall–Kier alpha value is -3.35. The Labute approximate surface area is 171 Å². The van der Waals surface area contributed by atoms with E-state index in [1.807, 2.05) is 29.2 Å². The van der Waals surface area contributed by atoms with Gasteiger partial charge in [-0.1, -0.05) is 18.2 Å². The van der Waals surface area contributed by atoms with E-state index in [9.17, 15) is 15.4 Å². The Morgan fingerprint density at radius 3 is 2.83 bits per heavy atom. The fraction of sp³-hybridized carbons (Fsp3) is 0.200. The lowest BCUT2D eigenvalue weighted by atomic mass is 10.1. The highest BCUT2D eigenvalue weighted by atomic mass is 32.2. The lowest BCUT2D eigenvalue weighted by molar-refractivity contribution is -0.384. The summed E-state index contributed by atoms with van der Waals surface area (Å²) in [4.78, 5) is 21.2. The number of H-pyrrole nitrogens is 1. The summed E-state index contributed by atoms with van der Waals surface area (Å²) in [6, 6.07) is 14.8. The van der Waals surface area contributed by atoms with Crippen LogP contribution in [0.25, 0.3) is 17.1 Å². The van der Waals surface area contributed by atoms with Crippen molar-refractivity contribution >= 4 is 40.2 Å². The van der Waals surface area contributed by atoms with Gasteiger partial charge in [0.1, 0.15) is 11.8 Å². The molecule has 1 aromatic heterocycles. The van der Waals surface area contributed by atoms with Crippen molar-refractivity contribution in [1.82, 2.24) is 9.97 Å². The highest BCUT2D eigenvalue weighted by Gasteiger charge is 2.21. The van der Waals surface area contributed by atoms with Gasteiger partial charge in [-0.3, -0.25) is 10.1 Å². The first-order valence-corrected chi connectivity index (χ1v) is 9.81. The van der Waals surface area contributed by atoms with Gasteiger partial charge in [-0.05, 0) is 41.6 Å². The molecule has 0 unspecified atom stereocenters. The molecule has 0 bridgehead atoms. The molecule has 4 rings (SSSR count). The summed E-state index contributed by atoms with van der Waals surface area (Å²) >= 11 is 1.19. The molecule has 146 valence electrons. The first kappa shape index (κ1) is 19.0. The molecule has 1 fully saturated rings. The Bertz CT molecular complexity index is 1100. The number of hydrogen-bond acceptors (Lipinski definition) is 7. The smallest absolute Gasteiger partial charge is 0.293 e. The number of nitrogens with one attached hydrogen (secondary N) is 1. The topological polar surface area (TPSA) is 108 Å². The highest BCUT2D eigenvalue weighted by Crippen LogP contribution is 2.32. The zero-order valence-electron chi connectivity index (χ0n) is 15.4. The van der Waals surface area contributed by atoms with Crippen LogP contribution in [-0.2, 0) is 4.74 Å². The van der Waals surface area contributed by atoms with Gasteiger partial charge in [0.25, 0.3) is 5.69 Å². The molecule has 0 amide bonds. The van der Waals surface area contributed by atoms with Crippen LogP contribution in [0, 0.1) is 21.4 Å². The Balaban J connectivity index is 1.61. The van der Waals surface area contributed by atoms with Crippen molar-refractivity contribution in [2.45, 2.75) is 5.16 Å². The van der Waals surface area contributed by atoms with Crippen LogP contribution in [0.4, 0.5) is 11.4 Å². The molecule has 1 aliphatic rings. The van der Waals surface area contributed by atoms with E-state index in [4.69, 9.17) is 4.74 Å². The maximum Gasteiger partial charge on any atom is 0.293 e. The van der Waals surface area contributed by atoms with E-state index in [1.165, 1.54) is 17.8 Å². The lowest BCUT2D eigenvalue weighted by Crippen LogP contribution is -2.36. The third-order valence-electron chi connectivity index (χ3n) is 4.53. The van der Waals surface area contributed by atoms with Crippen LogP contribution in [0.1, 0.15) is 5.56 Å². The number of morpholine rings is 1. The maximum absolute atomic E-state index is 11.6. The van der Waals surface area contributed by atoms with Gasteiger partial charge in [0.15, 0.2) is 5.16 Å². The van der Waals surface area contributed by atoms with Crippen molar-refractivity contribution < 1.29 is 9.66 Å². The first-order valence-electron chi connectivity index (χ1n) is 8.99. The molecule has 3 aromatic rings. The van der Waals surface area contributed by atoms with Gasteiger partial charge in [0.05, 0.1) is 34.1 Å². The number of rotatable bonds is 5. The number of nitro groups is 1. The third kappa shape index (κ3) is 4.23. The van der Waals surface area contributed by atoms with Gasteiger partial charge in [-0.15, -0.1) is 0 Å². The molecular weight excluding hydrogens is 390 g/mol. The number of benzene rings is 2. The van der Waals surface area contributed by atoms with E-state index in [-0.39, 0.29) is 10.6 Å². The quantitative estimate of drug-likeness (QED) is 0.295. The van der Waals surface area contributed by atoms with Crippen molar-refractivity contribution in [3.05, 3.63) is 63.0 Å². The molecule has 1 N–H and O–H groups in total. The zero-order chi connectivity index (χ0) is 20.2. The minimum Gasteiger partial charge on any atom is -0.378 e. The van der Waals surface area contributed by atoms with Gasteiger partial charge < -0.3 is 14.6 Å². The molecule has 1 aliphatic heterocycles. The SMILES string of the molecule is N#C/C(=C\c1ccc(N2CCOCC2)c([N+](=O)[O-])c1)Sc1nc2ccccc2[nH]1. The molecule has 2 heterocycles. The summed E-state index contributed by atoms with van der Waals surface area (Å²) in [6.45, 7) is 2.32. The minimum atomic E-state index is -0.388. The number of anilines is 1. The molecule has 0 saturated carbocycles. The van der Waals surface area contributed by atoms with Crippen molar-refractivity contribution in [2.75, 3.05) is 31.2 Å². The second-order valence-corrected chi connectivity index (χ2v) is 7.42. The molecular formula is C20H17N5O3S. The van der Waals surface area contributed by atoms with Gasteiger partial charge in [0, 0.05) is 19.2 Å². The van der Waals surface area contributed by atoms with Crippen LogP contribution < -0.4 is 4.90 Å². The van der Waals surface area contributed by atoms with Crippen molar-refractivity contribution in [1.29, 1.82) is 5.26 Å². The summed E-state index contributed by atoms with van der Waals surface area (Å²) in [5.41, 5.74) is 2.88. The van der Waals surface area contributed by atoms with E-state index in [0.29, 0.717) is 47.6 Å². The van der Waals surface area contributed by atoms with Gasteiger partial charge in [-0.2, -0.15) is 5.26 Å². The maximum atomic E-state index is 11.6. The average molecular weight is 407 g/mol. The number of imidazole rings is 1. The highest BCUT2D eigenvalue weighted by molar-refractivity contribution is 8.03. The van der Waals surface area contributed by atoms with Crippen LogP contribution in [0.5, 0.6) is 0 Å². The van der Waals surface area contributed by atoms with Crippen LogP contribution in [0.2, 0.25) is 0 Å². The number of ether oxygens (including phenoxy) is 1. The minimum absolute atomic E-state index is 0.0201. The molecule has 0 radical (unpaired) electrons. The first-order chi connectivity index (χ1) is 14.1. The van der Waals surface area contributed by atoms with Crippen LogP contribution >= 0.6 is 11.8 Å². The van der Waals surface area contributed by atoms with Crippen LogP contribution in [0.15, 0.2) is 52.5 Å². The van der Waals surface area contributed by atoms with E-state index in [0.717, 1.165) is 11.0 Å². The standard InChI is InChI=1S/C20H17N5O3S/c21-13-15(29-20-22-16-3-1-2-4-17(16)23-20)11-14-5-6-18(19(12-14)25(26)27)24-7-9-28-10-8-24/h1-6,11-12H,7-10H2,(H,22,23)/b15-11+. The van der Waals surface area contributed by atoms with Crippen molar-refractivity contribution in [3.8, 4) is 6.07 Å². The molecule has 0 spiro atoms. The number of nitro benzene ring substituents is 1. The Morgan fingerprint density at radius 2 is 2.10 bits per heavy atom. The number of allylic oxidation sites excluding steroid dienone is 1. The Kier molecular flexibility index (Phi) is 5.46. The predicted octanol–water partition coefficient (Wildman–Crippen LogP) is 3.96. The fourth-order valence-electron chi connectivity index (χ4n) is 3.17. The number of fused-ring (bicyclic) bond motifs is 1. The summed E-state index contributed by atoms with van der Waals surface area (Å²) < 4.78 is 5.32. The molecule has 0 aliphatic carbocycles. The number of hydrogen-bond donors (Lipinski definition) is 1. The molecule has 8 nitrogen and oxygen atoms in total. The average Bonchev–Trinajstić information content (AvgIpc) is 3.16. The van der Waals surface area contributed by atoms with Crippen molar-refractivity contribution in [2.24, 2.45) is 0 Å². The molecule has 2 aromatic carbocycles. The van der Waals surface area contributed by atoms with E-state index >= 15 is 0 Å². The second kappa shape index (κ2) is 8.34. The number of aromatic nitrogens is 2. The monoisotopic (exact) mass is 407 g/mol. The predicted molar refractivity (Wildman–Crippen MR) is 112 cm³/mol. The van der Waals surface area contributed by atoms with E-state index in [2.05, 4.69) is 16.0 Å². The summed E-state index contributed by atoms with van der Waals surface area (Å²) in [5.74, 6) is 0. The Morgan fingerprint density at radius 1 is 1.31 bits per heavy atom. The molecule has 29 heavy (non-hydrogen) atoms. The lowest BCUT2D eigenvalue weighted by Gasteiger charge is -2.28. The number of para-hydroxylation sites is 2. The van der Waals surface area contributed by atoms with Crippen LogP contribution in [-0.4, -0.2) is 41.2 Å². The van der Waals surface area contributed by atoms with Gasteiger partial charge in [-0.25, -0.2) is 4.98 Å². The molecule has 9 heteroatoms. The van der Waals surface area contributed by atoms with Crippen molar-refractivity contribution in [3.63, 3.8) is 0 Å². The van der Waals surface area contributed by atoms with E-state index in [1.54, 1.807) is 18.2 Å².